The van der Waals surface area contributed by atoms with E-state index in [-0.39, 0.29) is 23.9 Å². The molecule has 1 fully saturated rings. The standard InChI is InChI=1S/C26H35N3O4/c1-3-4-13-33-23-14-20-17(9-10-22(30)24(20)26(31)32-2)15-29(16-27)12-11-19-18-7-5-6-8-21(18)28-25(19)23/h5-8,17,20,22-24,28,30H,3-4,9-15H2,1-2H3/t17-,20-,22-,23+,24+/m0/s1. The molecule has 1 aliphatic heterocycles. The lowest BCUT2D eigenvalue weighted by Gasteiger charge is -2.42. The van der Waals surface area contributed by atoms with Crippen LogP contribution in [0, 0.1) is 29.2 Å². The van der Waals surface area contributed by atoms with E-state index in [4.69, 9.17) is 9.47 Å². The third-order valence-corrected chi connectivity index (χ3v) is 7.49. The van der Waals surface area contributed by atoms with Crippen LogP contribution < -0.4 is 0 Å². The van der Waals surface area contributed by atoms with Crippen LogP contribution in [0.2, 0.25) is 0 Å². The number of hydrogen-bond donors (Lipinski definition) is 2. The summed E-state index contributed by atoms with van der Waals surface area (Å²) < 4.78 is 11.6. The number of hydrogen-bond acceptors (Lipinski definition) is 6. The van der Waals surface area contributed by atoms with E-state index in [0.717, 1.165) is 42.3 Å². The fraction of sp³-hybridized carbons (Fsp3) is 0.615. The Morgan fingerprint density at radius 2 is 2.15 bits per heavy atom. The molecule has 0 radical (unpaired) electrons. The van der Waals surface area contributed by atoms with Crippen molar-refractivity contribution in [1.29, 1.82) is 5.26 Å². The van der Waals surface area contributed by atoms with E-state index in [9.17, 15) is 15.2 Å². The van der Waals surface area contributed by atoms with E-state index in [1.165, 1.54) is 12.7 Å². The molecule has 2 aliphatic rings. The van der Waals surface area contributed by atoms with Gasteiger partial charge in [-0.05, 0) is 55.6 Å². The molecule has 2 aromatic rings. The van der Waals surface area contributed by atoms with Gasteiger partial charge in [-0.1, -0.05) is 31.5 Å². The molecule has 7 heteroatoms. The molecule has 1 aliphatic carbocycles. The molecule has 1 aromatic carbocycles. The molecule has 0 saturated heterocycles. The highest BCUT2D eigenvalue weighted by Crippen LogP contribution is 2.44. The second-order valence-corrected chi connectivity index (χ2v) is 9.43. The Morgan fingerprint density at radius 1 is 1.33 bits per heavy atom. The van der Waals surface area contributed by atoms with Crippen molar-refractivity contribution in [2.75, 3.05) is 26.8 Å². The summed E-state index contributed by atoms with van der Waals surface area (Å²) in [6.45, 7) is 3.98. The smallest absolute Gasteiger partial charge is 0.311 e. The van der Waals surface area contributed by atoms with Gasteiger partial charge in [0.25, 0.3) is 0 Å². The van der Waals surface area contributed by atoms with Crippen LogP contribution >= 0.6 is 0 Å². The predicted octanol–water partition coefficient (Wildman–Crippen LogP) is 3.93. The fourth-order valence-corrected chi connectivity index (χ4v) is 5.75. The molecule has 0 spiro atoms. The van der Waals surface area contributed by atoms with Crippen molar-refractivity contribution in [3.05, 3.63) is 35.5 Å². The predicted molar refractivity (Wildman–Crippen MR) is 125 cm³/mol. The molecule has 1 aromatic heterocycles. The molecule has 2 heterocycles. The van der Waals surface area contributed by atoms with Gasteiger partial charge in [0.2, 0.25) is 0 Å². The summed E-state index contributed by atoms with van der Waals surface area (Å²) in [7, 11) is 1.38. The van der Waals surface area contributed by atoms with Crippen LogP contribution in [-0.2, 0) is 20.7 Å². The quantitative estimate of drug-likeness (QED) is 0.404. The number of rotatable bonds is 5. The minimum absolute atomic E-state index is 0.111. The number of methoxy groups -OCH3 is 1. The topological polar surface area (TPSA) is 98.6 Å². The van der Waals surface area contributed by atoms with E-state index < -0.39 is 12.0 Å². The molecule has 2 N–H and O–H groups in total. The number of aromatic amines is 1. The Kier molecular flexibility index (Phi) is 7.56. The number of para-hydroxylation sites is 1. The third-order valence-electron chi connectivity index (χ3n) is 7.49. The Bertz CT molecular complexity index is 997. The molecule has 178 valence electrons. The average Bonchev–Trinajstić information content (AvgIpc) is 3.20. The highest BCUT2D eigenvalue weighted by Gasteiger charge is 2.45. The van der Waals surface area contributed by atoms with Gasteiger partial charge in [0.1, 0.15) is 0 Å². The molecule has 33 heavy (non-hydrogen) atoms. The van der Waals surface area contributed by atoms with E-state index in [2.05, 4.69) is 30.2 Å². The number of nitriles is 1. The second-order valence-electron chi connectivity index (χ2n) is 9.43. The summed E-state index contributed by atoms with van der Waals surface area (Å²) in [6.07, 6.45) is 6.08. The summed E-state index contributed by atoms with van der Waals surface area (Å²) in [6, 6.07) is 8.23. The van der Waals surface area contributed by atoms with Gasteiger partial charge in [0.15, 0.2) is 6.19 Å². The van der Waals surface area contributed by atoms with Crippen LogP contribution in [0.25, 0.3) is 10.9 Å². The lowest BCUT2D eigenvalue weighted by atomic mass is 9.67. The van der Waals surface area contributed by atoms with Crippen molar-refractivity contribution in [3.63, 3.8) is 0 Å². The molecular formula is C26H35N3O4. The van der Waals surface area contributed by atoms with Crippen molar-refractivity contribution >= 4 is 16.9 Å². The number of ether oxygens (including phenoxy) is 2. The lowest BCUT2D eigenvalue weighted by molar-refractivity contribution is -0.158. The normalized spacial score (nSPS) is 27.9. The zero-order valence-electron chi connectivity index (χ0n) is 19.6. The van der Waals surface area contributed by atoms with Gasteiger partial charge in [-0.15, -0.1) is 0 Å². The van der Waals surface area contributed by atoms with Crippen molar-refractivity contribution in [3.8, 4) is 6.19 Å². The van der Waals surface area contributed by atoms with Crippen LogP contribution in [0.4, 0.5) is 0 Å². The Hall–Kier alpha value is -2.56. The highest BCUT2D eigenvalue weighted by molar-refractivity contribution is 5.84. The molecule has 0 bridgehead atoms. The number of unbranched alkanes of at least 4 members (excludes halogenated alkanes) is 1. The molecule has 5 atom stereocenters. The molecular weight excluding hydrogens is 418 g/mol. The number of aliphatic hydroxyl groups is 1. The van der Waals surface area contributed by atoms with Gasteiger partial charge >= 0.3 is 5.97 Å². The van der Waals surface area contributed by atoms with Gasteiger partial charge in [-0.2, -0.15) is 5.26 Å². The Morgan fingerprint density at radius 3 is 2.91 bits per heavy atom. The zero-order chi connectivity index (χ0) is 23.4. The van der Waals surface area contributed by atoms with Gasteiger partial charge in [0, 0.05) is 36.3 Å². The van der Waals surface area contributed by atoms with Gasteiger partial charge < -0.3 is 24.5 Å². The monoisotopic (exact) mass is 453 g/mol. The van der Waals surface area contributed by atoms with E-state index in [1.54, 1.807) is 0 Å². The molecule has 0 amide bonds. The highest BCUT2D eigenvalue weighted by atomic mass is 16.5. The average molecular weight is 454 g/mol. The number of esters is 1. The van der Waals surface area contributed by atoms with Gasteiger partial charge in [-0.3, -0.25) is 4.79 Å². The van der Waals surface area contributed by atoms with E-state index in [1.807, 2.05) is 17.0 Å². The van der Waals surface area contributed by atoms with E-state index in [0.29, 0.717) is 32.5 Å². The first kappa shape index (κ1) is 23.6. The summed E-state index contributed by atoms with van der Waals surface area (Å²) in [4.78, 5) is 18.2. The Balaban J connectivity index is 1.79. The number of fused-ring (bicyclic) bond motifs is 4. The largest absolute Gasteiger partial charge is 0.469 e. The summed E-state index contributed by atoms with van der Waals surface area (Å²) in [5.74, 6) is -1.01. The maximum Gasteiger partial charge on any atom is 0.311 e. The number of carbonyl (C=O) groups is 1. The van der Waals surface area contributed by atoms with Crippen molar-refractivity contribution < 1.29 is 19.4 Å². The molecule has 0 unspecified atom stereocenters. The van der Waals surface area contributed by atoms with Crippen LogP contribution in [0.15, 0.2) is 24.3 Å². The minimum atomic E-state index is -0.740. The maximum atomic E-state index is 12.8. The maximum absolute atomic E-state index is 12.8. The minimum Gasteiger partial charge on any atom is -0.469 e. The number of nitrogens with one attached hydrogen (secondary N) is 1. The SMILES string of the molecule is CCCCO[C@@H]1C[C@H]2[C@@H](CC[C@H](O)[C@@H]2C(=O)OC)CN(C#N)CCc2c1[nH]c1ccccc21. The van der Waals surface area contributed by atoms with Crippen molar-refractivity contribution in [2.45, 2.75) is 57.7 Å². The number of nitrogens with zero attached hydrogens (tertiary/aromatic N) is 2. The zero-order valence-corrected chi connectivity index (χ0v) is 19.6. The number of benzene rings is 1. The van der Waals surface area contributed by atoms with Crippen LogP contribution in [0.1, 0.15) is 56.4 Å². The van der Waals surface area contributed by atoms with Crippen LogP contribution in [0.5, 0.6) is 0 Å². The van der Waals surface area contributed by atoms with Crippen molar-refractivity contribution in [1.82, 2.24) is 9.88 Å². The Labute approximate surface area is 195 Å². The number of H-pyrrole nitrogens is 1. The second kappa shape index (κ2) is 10.6. The van der Waals surface area contributed by atoms with Gasteiger partial charge in [0.05, 0.1) is 25.2 Å². The lowest BCUT2D eigenvalue weighted by Crippen LogP contribution is -2.47. The summed E-state index contributed by atoms with van der Waals surface area (Å²) >= 11 is 0. The number of carbonyl (C=O) groups excluding carboxylic acids is 1. The number of aliphatic hydroxyl groups excluding tert-OH is 1. The van der Waals surface area contributed by atoms with Crippen LogP contribution in [0.3, 0.4) is 0 Å². The third kappa shape index (κ3) is 4.87. The van der Waals surface area contributed by atoms with E-state index >= 15 is 0 Å². The molecule has 1 saturated carbocycles. The number of aromatic nitrogens is 1. The van der Waals surface area contributed by atoms with Gasteiger partial charge in [-0.25, -0.2) is 0 Å². The first-order chi connectivity index (χ1) is 16.1. The van der Waals surface area contributed by atoms with Crippen LogP contribution in [-0.4, -0.2) is 53.9 Å². The first-order valence-electron chi connectivity index (χ1n) is 12.2. The fourth-order valence-electron chi connectivity index (χ4n) is 5.75. The summed E-state index contributed by atoms with van der Waals surface area (Å²) in [5.41, 5.74) is 3.27. The molecule has 4 rings (SSSR count). The van der Waals surface area contributed by atoms with Crippen molar-refractivity contribution in [2.24, 2.45) is 17.8 Å². The first-order valence-corrected chi connectivity index (χ1v) is 12.2. The summed E-state index contributed by atoms with van der Waals surface area (Å²) in [5, 5.41) is 21.8. The molecule has 7 nitrogen and oxygen atoms in total.